The number of nitrogens with zero attached hydrogens (tertiary/aromatic N) is 1. The Morgan fingerprint density at radius 1 is 1.11 bits per heavy atom. The molecule has 2 amide bonds. The third kappa shape index (κ3) is 8.06. The van der Waals surface area contributed by atoms with Crippen molar-refractivity contribution < 1.29 is 9.59 Å². The van der Waals surface area contributed by atoms with Gasteiger partial charge in [0.15, 0.2) is 0 Å². The van der Waals surface area contributed by atoms with Crippen molar-refractivity contribution in [2.75, 3.05) is 26.2 Å². The van der Waals surface area contributed by atoms with Crippen molar-refractivity contribution in [1.82, 2.24) is 15.5 Å². The fourth-order valence-corrected chi connectivity index (χ4v) is 1.59. The summed E-state index contributed by atoms with van der Waals surface area (Å²) in [6.45, 7) is 12.0. The van der Waals surface area contributed by atoms with Crippen LogP contribution in [0.3, 0.4) is 0 Å². The highest BCUT2D eigenvalue weighted by atomic mass is 16.2. The van der Waals surface area contributed by atoms with Gasteiger partial charge < -0.3 is 15.5 Å². The second kappa shape index (κ2) is 8.08. The summed E-state index contributed by atoms with van der Waals surface area (Å²) < 4.78 is 0. The molecule has 0 saturated carbocycles. The zero-order chi connectivity index (χ0) is 14.2. The lowest BCUT2D eigenvalue weighted by Crippen LogP contribution is -2.45. The molecule has 5 nitrogen and oxygen atoms in total. The molecule has 0 atom stereocenters. The van der Waals surface area contributed by atoms with E-state index in [0.29, 0.717) is 13.0 Å². The van der Waals surface area contributed by atoms with Gasteiger partial charge in [0.1, 0.15) is 0 Å². The highest BCUT2D eigenvalue weighted by Crippen LogP contribution is 1.97. The van der Waals surface area contributed by atoms with Gasteiger partial charge >= 0.3 is 0 Å². The average molecular weight is 257 g/mol. The lowest BCUT2D eigenvalue weighted by atomic mass is 10.1. The molecule has 2 N–H and O–H groups in total. The van der Waals surface area contributed by atoms with Crippen LogP contribution in [0.5, 0.6) is 0 Å². The summed E-state index contributed by atoms with van der Waals surface area (Å²) in [5, 5.41) is 5.84. The molecule has 5 heteroatoms. The van der Waals surface area contributed by atoms with Gasteiger partial charge in [-0.3, -0.25) is 9.59 Å². The van der Waals surface area contributed by atoms with Crippen molar-refractivity contribution >= 4 is 11.8 Å². The number of hydrogen-bond acceptors (Lipinski definition) is 3. The van der Waals surface area contributed by atoms with Gasteiger partial charge in [-0.2, -0.15) is 0 Å². The topological polar surface area (TPSA) is 61.4 Å². The first-order chi connectivity index (χ1) is 8.30. The van der Waals surface area contributed by atoms with E-state index in [4.69, 9.17) is 0 Å². The predicted molar refractivity (Wildman–Crippen MR) is 73.3 cm³/mol. The standard InChI is InChI=1S/C13H27N3O2/c1-6-16(7-2)12(18)8-9-14-10-11(17)15-13(3,4)5/h14H,6-10H2,1-5H3,(H,15,17). The zero-order valence-corrected chi connectivity index (χ0v) is 12.3. The molecular formula is C13H27N3O2. The lowest BCUT2D eigenvalue weighted by Gasteiger charge is -2.21. The number of hydrogen-bond donors (Lipinski definition) is 2. The molecule has 0 aromatic carbocycles. The highest BCUT2D eigenvalue weighted by molar-refractivity contribution is 5.79. The van der Waals surface area contributed by atoms with E-state index in [9.17, 15) is 9.59 Å². The molecule has 0 fully saturated rings. The van der Waals surface area contributed by atoms with Gasteiger partial charge in [-0.05, 0) is 34.6 Å². The van der Waals surface area contributed by atoms with E-state index < -0.39 is 0 Å². The Morgan fingerprint density at radius 2 is 1.67 bits per heavy atom. The smallest absolute Gasteiger partial charge is 0.234 e. The van der Waals surface area contributed by atoms with Crippen LogP contribution in [0.25, 0.3) is 0 Å². The molecule has 18 heavy (non-hydrogen) atoms. The van der Waals surface area contributed by atoms with Gasteiger partial charge in [0.25, 0.3) is 0 Å². The maximum Gasteiger partial charge on any atom is 0.234 e. The number of nitrogens with one attached hydrogen (secondary N) is 2. The Morgan fingerprint density at radius 3 is 2.11 bits per heavy atom. The van der Waals surface area contributed by atoms with Gasteiger partial charge in [0, 0.05) is 31.6 Å². The number of carbonyl (C=O) groups is 2. The maximum atomic E-state index is 11.7. The largest absolute Gasteiger partial charge is 0.350 e. The molecule has 0 unspecified atom stereocenters. The maximum absolute atomic E-state index is 11.7. The number of carbonyl (C=O) groups excluding carboxylic acids is 2. The SMILES string of the molecule is CCN(CC)C(=O)CCNCC(=O)NC(C)(C)C. The van der Waals surface area contributed by atoms with Crippen LogP contribution in [0.4, 0.5) is 0 Å². The third-order valence-corrected chi connectivity index (χ3v) is 2.43. The van der Waals surface area contributed by atoms with E-state index >= 15 is 0 Å². The van der Waals surface area contributed by atoms with Crippen LogP contribution in [0.15, 0.2) is 0 Å². The van der Waals surface area contributed by atoms with E-state index in [0.717, 1.165) is 13.1 Å². The van der Waals surface area contributed by atoms with Crippen LogP contribution in [0, 0.1) is 0 Å². The van der Waals surface area contributed by atoms with E-state index in [1.165, 1.54) is 0 Å². The van der Waals surface area contributed by atoms with Crippen LogP contribution in [0.1, 0.15) is 41.0 Å². The number of amides is 2. The van der Waals surface area contributed by atoms with Gasteiger partial charge in [-0.1, -0.05) is 0 Å². The molecule has 0 spiro atoms. The van der Waals surface area contributed by atoms with Crippen molar-refractivity contribution in [2.45, 2.75) is 46.6 Å². The third-order valence-electron chi connectivity index (χ3n) is 2.43. The van der Waals surface area contributed by atoms with Gasteiger partial charge in [-0.25, -0.2) is 0 Å². The monoisotopic (exact) mass is 257 g/mol. The molecule has 0 heterocycles. The fourth-order valence-electron chi connectivity index (χ4n) is 1.59. The molecule has 0 aromatic heterocycles. The van der Waals surface area contributed by atoms with Crippen LogP contribution >= 0.6 is 0 Å². The predicted octanol–water partition coefficient (Wildman–Crippen LogP) is 0.749. The second-order valence-corrected chi connectivity index (χ2v) is 5.29. The van der Waals surface area contributed by atoms with E-state index in [1.807, 2.05) is 34.6 Å². The summed E-state index contributed by atoms with van der Waals surface area (Å²) in [5.41, 5.74) is -0.212. The summed E-state index contributed by atoms with van der Waals surface area (Å²) in [6, 6.07) is 0. The first kappa shape index (κ1) is 16.9. The van der Waals surface area contributed by atoms with Crippen LogP contribution in [-0.2, 0) is 9.59 Å². The first-order valence-electron chi connectivity index (χ1n) is 6.59. The Hall–Kier alpha value is -1.10. The first-order valence-corrected chi connectivity index (χ1v) is 6.59. The summed E-state index contributed by atoms with van der Waals surface area (Å²) in [5.74, 6) is 0.0847. The molecule has 0 aromatic rings. The van der Waals surface area contributed by atoms with Crippen molar-refractivity contribution in [1.29, 1.82) is 0 Å². The fraction of sp³-hybridized carbons (Fsp3) is 0.846. The molecule has 106 valence electrons. The van der Waals surface area contributed by atoms with Crippen molar-refractivity contribution in [3.63, 3.8) is 0 Å². The lowest BCUT2D eigenvalue weighted by molar-refractivity contribution is -0.131. The summed E-state index contributed by atoms with van der Waals surface area (Å²) in [6.07, 6.45) is 0.435. The second-order valence-electron chi connectivity index (χ2n) is 5.29. The Kier molecular flexibility index (Phi) is 7.59. The zero-order valence-electron chi connectivity index (χ0n) is 12.3. The van der Waals surface area contributed by atoms with E-state index in [-0.39, 0.29) is 23.9 Å². The molecule has 0 aliphatic rings. The Bertz CT molecular complexity index is 268. The van der Waals surface area contributed by atoms with Crippen LogP contribution in [-0.4, -0.2) is 48.4 Å². The van der Waals surface area contributed by atoms with Crippen LogP contribution < -0.4 is 10.6 Å². The highest BCUT2D eigenvalue weighted by Gasteiger charge is 2.13. The molecule has 0 saturated heterocycles. The molecule has 0 rings (SSSR count). The summed E-state index contributed by atoms with van der Waals surface area (Å²) in [7, 11) is 0. The quantitative estimate of drug-likeness (QED) is 0.662. The Labute approximate surface area is 110 Å². The van der Waals surface area contributed by atoms with Crippen molar-refractivity contribution in [3.8, 4) is 0 Å². The minimum Gasteiger partial charge on any atom is -0.350 e. The van der Waals surface area contributed by atoms with Gasteiger partial charge in [-0.15, -0.1) is 0 Å². The average Bonchev–Trinajstić information content (AvgIpc) is 2.23. The summed E-state index contributed by atoms with van der Waals surface area (Å²) >= 11 is 0. The minimum absolute atomic E-state index is 0.0437. The van der Waals surface area contributed by atoms with E-state index in [2.05, 4.69) is 10.6 Å². The van der Waals surface area contributed by atoms with Crippen molar-refractivity contribution in [2.24, 2.45) is 0 Å². The van der Waals surface area contributed by atoms with Gasteiger partial charge in [0.2, 0.25) is 11.8 Å². The molecular weight excluding hydrogens is 230 g/mol. The summed E-state index contributed by atoms with van der Waals surface area (Å²) in [4.78, 5) is 24.9. The molecule has 0 radical (unpaired) electrons. The normalized spacial score (nSPS) is 11.2. The van der Waals surface area contributed by atoms with E-state index in [1.54, 1.807) is 4.90 Å². The van der Waals surface area contributed by atoms with Crippen molar-refractivity contribution in [3.05, 3.63) is 0 Å². The van der Waals surface area contributed by atoms with Crippen LogP contribution in [0.2, 0.25) is 0 Å². The molecule has 0 bridgehead atoms. The molecule has 0 aliphatic carbocycles. The Balaban J connectivity index is 3.74. The minimum atomic E-state index is -0.212. The van der Waals surface area contributed by atoms with Gasteiger partial charge in [0.05, 0.1) is 6.54 Å². The number of rotatable bonds is 7. The molecule has 0 aliphatic heterocycles.